The van der Waals surface area contributed by atoms with Crippen molar-refractivity contribution in [1.29, 1.82) is 0 Å². The van der Waals surface area contributed by atoms with Crippen LogP contribution in [0.1, 0.15) is 12.7 Å². The van der Waals surface area contributed by atoms with Gasteiger partial charge < -0.3 is 10.2 Å². The zero-order valence-electron chi connectivity index (χ0n) is 10.2. The molecule has 0 spiro atoms. The van der Waals surface area contributed by atoms with Gasteiger partial charge in [-0.15, -0.1) is 5.10 Å². The van der Waals surface area contributed by atoms with Gasteiger partial charge in [0, 0.05) is 11.8 Å². The summed E-state index contributed by atoms with van der Waals surface area (Å²) in [5.74, 6) is 0.617. The molecule has 0 aliphatic rings. The van der Waals surface area contributed by atoms with Crippen LogP contribution in [0, 0.1) is 5.41 Å². The SMILES string of the molecule is CC(CO)(CO)Cc1nnnn1-c1ccccc1. The smallest absolute Gasteiger partial charge is 0.157 e. The summed E-state index contributed by atoms with van der Waals surface area (Å²) >= 11 is 0. The van der Waals surface area contributed by atoms with Crippen molar-refractivity contribution in [2.24, 2.45) is 5.41 Å². The average molecular weight is 248 g/mol. The maximum atomic E-state index is 9.31. The molecule has 2 rings (SSSR count). The molecule has 0 unspecified atom stereocenters. The molecule has 0 saturated heterocycles. The molecule has 6 nitrogen and oxygen atoms in total. The first-order valence-electron chi connectivity index (χ1n) is 5.73. The highest BCUT2D eigenvalue weighted by atomic mass is 16.3. The zero-order chi connectivity index (χ0) is 13.0. The van der Waals surface area contributed by atoms with E-state index in [4.69, 9.17) is 0 Å². The molecule has 1 aromatic heterocycles. The minimum absolute atomic E-state index is 0.120. The molecule has 0 aliphatic carbocycles. The molecular formula is C12H16N4O2. The summed E-state index contributed by atoms with van der Waals surface area (Å²) in [7, 11) is 0. The largest absolute Gasteiger partial charge is 0.396 e. The number of aliphatic hydroxyl groups excluding tert-OH is 2. The zero-order valence-corrected chi connectivity index (χ0v) is 10.2. The number of benzene rings is 1. The molecule has 96 valence electrons. The molecular weight excluding hydrogens is 232 g/mol. The Labute approximate surface area is 105 Å². The lowest BCUT2D eigenvalue weighted by Crippen LogP contribution is -2.30. The van der Waals surface area contributed by atoms with Crippen LogP contribution in [0.4, 0.5) is 0 Å². The van der Waals surface area contributed by atoms with E-state index < -0.39 is 5.41 Å². The standard InChI is InChI=1S/C12H16N4O2/c1-12(8-17,9-18)7-11-13-14-15-16(11)10-5-3-2-4-6-10/h2-6,17-18H,7-9H2,1H3. The Morgan fingerprint density at radius 2 is 1.83 bits per heavy atom. The highest BCUT2D eigenvalue weighted by Gasteiger charge is 2.26. The Hall–Kier alpha value is -1.79. The van der Waals surface area contributed by atoms with E-state index in [0.717, 1.165) is 5.69 Å². The fraction of sp³-hybridized carbons (Fsp3) is 0.417. The van der Waals surface area contributed by atoms with Crippen molar-refractivity contribution in [2.45, 2.75) is 13.3 Å². The van der Waals surface area contributed by atoms with Crippen LogP contribution in [-0.2, 0) is 6.42 Å². The molecule has 0 aliphatic heterocycles. The third-order valence-corrected chi connectivity index (χ3v) is 2.88. The molecule has 6 heteroatoms. The van der Waals surface area contributed by atoms with E-state index in [2.05, 4.69) is 15.5 Å². The summed E-state index contributed by atoms with van der Waals surface area (Å²) in [6.07, 6.45) is 0.405. The van der Waals surface area contributed by atoms with Gasteiger partial charge in [-0.05, 0) is 22.6 Å². The van der Waals surface area contributed by atoms with E-state index in [9.17, 15) is 10.2 Å². The number of aromatic nitrogens is 4. The van der Waals surface area contributed by atoms with Crippen molar-refractivity contribution in [1.82, 2.24) is 20.2 Å². The van der Waals surface area contributed by atoms with Gasteiger partial charge in [0.1, 0.15) is 0 Å². The maximum Gasteiger partial charge on any atom is 0.157 e. The van der Waals surface area contributed by atoms with Crippen molar-refractivity contribution in [3.63, 3.8) is 0 Å². The van der Waals surface area contributed by atoms with Crippen LogP contribution < -0.4 is 0 Å². The van der Waals surface area contributed by atoms with Gasteiger partial charge in [0.05, 0.1) is 18.9 Å². The molecule has 0 saturated carbocycles. The normalized spacial score (nSPS) is 11.7. The highest BCUT2D eigenvalue weighted by molar-refractivity contribution is 5.30. The number of aliphatic hydroxyl groups is 2. The van der Waals surface area contributed by atoms with E-state index in [1.54, 1.807) is 11.6 Å². The van der Waals surface area contributed by atoms with E-state index in [-0.39, 0.29) is 13.2 Å². The Morgan fingerprint density at radius 1 is 1.17 bits per heavy atom. The van der Waals surface area contributed by atoms with Gasteiger partial charge in [0.2, 0.25) is 0 Å². The summed E-state index contributed by atoms with van der Waals surface area (Å²) in [4.78, 5) is 0. The quantitative estimate of drug-likeness (QED) is 0.789. The summed E-state index contributed by atoms with van der Waals surface area (Å²) in [5.41, 5.74) is 0.233. The number of rotatable bonds is 5. The van der Waals surface area contributed by atoms with Crippen LogP contribution in [0.2, 0.25) is 0 Å². The minimum Gasteiger partial charge on any atom is -0.396 e. The van der Waals surface area contributed by atoms with Gasteiger partial charge in [-0.3, -0.25) is 0 Å². The van der Waals surface area contributed by atoms with Crippen LogP contribution in [0.25, 0.3) is 5.69 Å². The maximum absolute atomic E-state index is 9.31. The van der Waals surface area contributed by atoms with Gasteiger partial charge in [-0.2, -0.15) is 4.68 Å². The van der Waals surface area contributed by atoms with Crippen LogP contribution in [-0.4, -0.2) is 43.6 Å². The fourth-order valence-corrected chi connectivity index (χ4v) is 1.63. The lowest BCUT2D eigenvalue weighted by atomic mass is 9.88. The van der Waals surface area contributed by atoms with Crippen molar-refractivity contribution in [3.05, 3.63) is 36.2 Å². The van der Waals surface area contributed by atoms with Gasteiger partial charge in [0.25, 0.3) is 0 Å². The van der Waals surface area contributed by atoms with Crippen molar-refractivity contribution < 1.29 is 10.2 Å². The first-order chi connectivity index (χ1) is 8.68. The number of hydrogen-bond acceptors (Lipinski definition) is 5. The van der Waals surface area contributed by atoms with Crippen LogP contribution in [0.15, 0.2) is 30.3 Å². The van der Waals surface area contributed by atoms with Crippen molar-refractivity contribution >= 4 is 0 Å². The second-order valence-electron chi connectivity index (χ2n) is 4.65. The molecule has 2 aromatic rings. The number of para-hydroxylation sites is 1. The minimum atomic E-state index is -0.624. The second-order valence-corrected chi connectivity index (χ2v) is 4.65. The monoisotopic (exact) mass is 248 g/mol. The lowest BCUT2D eigenvalue weighted by Gasteiger charge is -2.23. The van der Waals surface area contributed by atoms with E-state index in [0.29, 0.717) is 12.2 Å². The molecule has 0 fully saturated rings. The Morgan fingerprint density at radius 3 is 2.44 bits per heavy atom. The van der Waals surface area contributed by atoms with Crippen LogP contribution in [0.5, 0.6) is 0 Å². The van der Waals surface area contributed by atoms with E-state index >= 15 is 0 Å². The van der Waals surface area contributed by atoms with E-state index in [1.807, 2.05) is 30.3 Å². The molecule has 1 aromatic carbocycles. The molecule has 0 atom stereocenters. The van der Waals surface area contributed by atoms with E-state index in [1.165, 1.54) is 0 Å². The first kappa shape index (κ1) is 12.7. The molecule has 0 amide bonds. The highest BCUT2D eigenvalue weighted by Crippen LogP contribution is 2.21. The topological polar surface area (TPSA) is 84.1 Å². The third kappa shape index (κ3) is 2.55. The molecule has 18 heavy (non-hydrogen) atoms. The van der Waals surface area contributed by atoms with Crippen molar-refractivity contribution in [3.8, 4) is 5.69 Å². The number of tetrazole rings is 1. The molecule has 1 heterocycles. The summed E-state index contributed by atoms with van der Waals surface area (Å²) in [5, 5.41) is 30.2. The summed E-state index contributed by atoms with van der Waals surface area (Å²) in [6, 6.07) is 9.51. The second kappa shape index (κ2) is 5.24. The first-order valence-corrected chi connectivity index (χ1v) is 5.73. The van der Waals surface area contributed by atoms with Gasteiger partial charge >= 0.3 is 0 Å². The average Bonchev–Trinajstić information content (AvgIpc) is 2.87. The van der Waals surface area contributed by atoms with Crippen LogP contribution >= 0.6 is 0 Å². The fourth-order valence-electron chi connectivity index (χ4n) is 1.63. The lowest BCUT2D eigenvalue weighted by molar-refractivity contribution is 0.0682. The summed E-state index contributed by atoms with van der Waals surface area (Å²) in [6.45, 7) is 1.55. The Kier molecular flexibility index (Phi) is 3.69. The Balaban J connectivity index is 2.29. The number of hydrogen-bond donors (Lipinski definition) is 2. The third-order valence-electron chi connectivity index (χ3n) is 2.88. The van der Waals surface area contributed by atoms with Gasteiger partial charge in [-0.1, -0.05) is 25.1 Å². The van der Waals surface area contributed by atoms with Crippen molar-refractivity contribution in [2.75, 3.05) is 13.2 Å². The molecule has 2 N–H and O–H groups in total. The number of nitrogens with zero attached hydrogens (tertiary/aromatic N) is 4. The van der Waals surface area contributed by atoms with Crippen LogP contribution in [0.3, 0.4) is 0 Å². The summed E-state index contributed by atoms with van der Waals surface area (Å²) < 4.78 is 1.61. The molecule has 0 radical (unpaired) electrons. The predicted molar refractivity (Wildman–Crippen MR) is 65.1 cm³/mol. The molecule has 0 bridgehead atoms. The predicted octanol–water partition coefficient (Wildman–Crippen LogP) is 0.196. The van der Waals surface area contributed by atoms with Gasteiger partial charge in [-0.25, -0.2) is 0 Å². The Bertz CT molecular complexity index is 494. The van der Waals surface area contributed by atoms with Gasteiger partial charge in [0.15, 0.2) is 5.82 Å².